The summed E-state index contributed by atoms with van der Waals surface area (Å²) in [6.07, 6.45) is -1.41. The molecule has 1 heterocycles. The number of nitrogens with two attached hydrogens (primary N) is 1. The zero-order valence-corrected chi connectivity index (χ0v) is 19.8. The fourth-order valence-electron chi connectivity index (χ4n) is 3.16. The van der Waals surface area contributed by atoms with E-state index in [0.29, 0.717) is 0 Å². The van der Waals surface area contributed by atoms with Crippen LogP contribution in [0.15, 0.2) is 0 Å². The van der Waals surface area contributed by atoms with E-state index in [4.69, 9.17) is 15.9 Å². The Morgan fingerprint density at radius 1 is 0.946 bits per heavy atom. The summed E-state index contributed by atoms with van der Waals surface area (Å²) in [6, 6.07) is -7.03. The first-order valence-corrected chi connectivity index (χ1v) is 11.1. The molecule has 1 aliphatic rings. The summed E-state index contributed by atoms with van der Waals surface area (Å²) in [5.74, 6) is -8.08. The third-order valence-corrected chi connectivity index (χ3v) is 5.18. The minimum Gasteiger partial charge on any atom is -0.481 e. The number of aliphatic hydroxyl groups excluding tert-OH is 1. The fourth-order valence-corrected chi connectivity index (χ4v) is 3.16. The third-order valence-electron chi connectivity index (χ3n) is 5.18. The Bertz CT molecular complexity index is 940. The van der Waals surface area contributed by atoms with Gasteiger partial charge in [0.1, 0.15) is 30.2 Å². The number of hydrogen-bond acceptors (Lipinski definition) is 9. The molecular weight excluding hydrogens is 500 g/mol. The number of carbonyl (C=O) groups is 8. The predicted molar refractivity (Wildman–Crippen MR) is 120 cm³/mol. The van der Waals surface area contributed by atoms with Gasteiger partial charge in [-0.25, -0.2) is 4.79 Å². The first-order valence-electron chi connectivity index (χ1n) is 11.1. The van der Waals surface area contributed by atoms with Crippen LogP contribution in [-0.2, 0) is 38.4 Å². The SMILES string of the molecule is C[C@H](NC(=O)[C@@H]1CCC(=O)N1)C(=O)N[C@@H](CCC(=O)O)C(=O)N[C@@H](CO)C(=O)N[C@@H](CC(N)=O)C(=O)O. The minimum absolute atomic E-state index is 0.144. The van der Waals surface area contributed by atoms with Crippen molar-refractivity contribution in [3.63, 3.8) is 0 Å². The van der Waals surface area contributed by atoms with Gasteiger partial charge in [-0.2, -0.15) is 0 Å². The molecule has 206 valence electrons. The number of aliphatic hydroxyl groups is 1. The molecule has 0 aromatic heterocycles. The molecule has 1 saturated heterocycles. The first kappa shape index (κ1) is 30.8. The lowest BCUT2D eigenvalue weighted by atomic mass is 10.1. The van der Waals surface area contributed by atoms with Gasteiger partial charge in [-0.1, -0.05) is 0 Å². The highest BCUT2D eigenvalue weighted by molar-refractivity contribution is 5.97. The van der Waals surface area contributed by atoms with Crippen LogP contribution in [0.2, 0.25) is 0 Å². The number of carboxylic acid groups (broad SMARTS) is 2. The molecule has 0 aromatic rings. The van der Waals surface area contributed by atoms with Crippen LogP contribution in [0, 0.1) is 0 Å². The number of carboxylic acids is 2. The van der Waals surface area contributed by atoms with E-state index in [-0.39, 0.29) is 18.7 Å². The van der Waals surface area contributed by atoms with E-state index >= 15 is 0 Å². The van der Waals surface area contributed by atoms with Crippen LogP contribution in [0.25, 0.3) is 0 Å². The number of nitrogens with one attached hydrogen (secondary N) is 5. The fraction of sp³-hybridized carbons (Fsp3) is 0.600. The lowest BCUT2D eigenvalue weighted by molar-refractivity contribution is -0.144. The average molecular weight is 530 g/mol. The number of rotatable bonds is 15. The molecule has 0 unspecified atom stereocenters. The second-order valence-electron chi connectivity index (χ2n) is 8.20. The van der Waals surface area contributed by atoms with Crippen LogP contribution in [0.4, 0.5) is 0 Å². The van der Waals surface area contributed by atoms with E-state index in [9.17, 15) is 43.5 Å². The van der Waals surface area contributed by atoms with Crippen molar-refractivity contribution in [2.45, 2.75) is 69.2 Å². The molecule has 10 N–H and O–H groups in total. The molecule has 1 aliphatic heterocycles. The van der Waals surface area contributed by atoms with Gasteiger partial charge in [0.05, 0.1) is 13.0 Å². The summed E-state index contributed by atoms with van der Waals surface area (Å²) >= 11 is 0. The standard InChI is InChI=1S/C20H30N6O11/c1-8(22-17(33)9-2-4-14(29)23-9)16(32)24-10(3-5-15(30)31)18(34)26-12(7-27)19(35)25-11(20(36)37)6-13(21)28/h8-12,27H,2-7H2,1H3,(H2,21,28)(H,22,33)(H,23,29)(H,24,32)(H,25,35)(H,26,34)(H,30,31)(H,36,37)/t8-,9-,10-,11-,12-/m0/s1. The van der Waals surface area contributed by atoms with Crippen LogP contribution >= 0.6 is 0 Å². The molecule has 17 nitrogen and oxygen atoms in total. The normalized spacial score (nSPS) is 17.8. The van der Waals surface area contributed by atoms with Crippen molar-refractivity contribution in [1.82, 2.24) is 26.6 Å². The molecule has 37 heavy (non-hydrogen) atoms. The topological polar surface area (TPSA) is 283 Å². The summed E-state index contributed by atoms with van der Waals surface area (Å²) in [5.41, 5.74) is 4.93. The van der Waals surface area contributed by atoms with Crippen molar-refractivity contribution in [2.75, 3.05) is 6.61 Å². The summed E-state index contributed by atoms with van der Waals surface area (Å²) in [5, 5.41) is 38.6. The Morgan fingerprint density at radius 2 is 1.51 bits per heavy atom. The highest BCUT2D eigenvalue weighted by atomic mass is 16.4. The zero-order chi connectivity index (χ0) is 28.3. The monoisotopic (exact) mass is 530 g/mol. The second-order valence-corrected chi connectivity index (χ2v) is 8.20. The van der Waals surface area contributed by atoms with Gasteiger partial charge in [0.2, 0.25) is 35.4 Å². The van der Waals surface area contributed by atoms with Crippen LogP contribution in [-0.4, -0.2) is 99.5 Å². The van der Waals surface area contributed by atoms with E-state index in [1.54, 1.807) is 0 Å². The van der Waals surface area contributed by atoms with Gasteiger partial charge in [-0.05, 0) is 19.8 Å². The van der Waals surface area contributed by atoms with Gasteiger partial charge in [-0.3, -0.25) is 33.6 Å². The van der Waals surface area contributed by atoms with Gasteiger partial charge >= 0.3 is 11.9 Å². The van der Waals surface area contributed by atoms with Gasteiger partial charge in [0.25, 0.3) is 0 Å². The van der Waals surface area contributed by atoms with Gasteiger partial charge < -0.3 is 47.6 Å². The number of primary amides is 1. The lowest BCUT2D eigenvalue weighted by Crippen LogP contribution is -2.59. The largest absolute Gasteiger partial charge is 0.481 e. The van der Waals surface area contributed by atoms with Crippen molar-refractivity contribution in [2.24, 2.45) is 5.73 Å². The molecule has 0 spiro atoms. The van der Waals surface area contributed by atoms with Gasteiger partial charge in [-0.15, -0.1) is 0 Å². The maximum atomic E-state index is 12.7. The second kappa shape index (κ2) is 14.3. The summed E-state index contributed by atoms with van der Waals surface area (Å²) in [4.78, 5) is 94.3. The van der Waals surface area contributed by atoms with Gasteiger partial charge in [0.15, 0.2) is 0 Å². The Kier molecular flexibility index (Phi) is 11.9. The third kappa shape index (κ3) is 10.5. The molecule has 0 saturated carbocycles. The number of amides is 6. The van der Waals surface area contributed by atoms with Crippen molar-refractivity contribution >= 4 is 47.4 Å². The molecule has 0 radical (unpaired) electrons. The van der Waals surface area contributed by atoms with Crippen LogP contribution in [0.1, 0.15) is 39.0 Å². The molecule has 1 rings (SSSR count). The van der Waals surface area contributed by atoms with E-state index in [0.717, 1.165) is 0 Å². The zero-order valence-electron chi connectivity index (χ0n) is 19.8. The molecule has 0 aromatic carbocycles. The van der Waals surface area contributed by atoms with E-state index < -0.39 is 97.6 Å². The van der Waals surface area contributed by atoms with Crippen molar-refractivity contribution in [3.8, 4) is 0 Å². The first-order chi connectivity index (χ1) is 17.2. The highest BCUT2D eigenvalue weighted by Crippen LogP contribution is 2.07. The minimum atomic E-state index is -1.74. The Morgan fingerprint density at radius 3 is 2.00 bits per heavy atom. The maximum absolute atomic E-state index is 12.7. The summed E-state index contributed by atoms with van der Waals surface area (Å²) in [6.45, 7) is 0.268. The average Bonchev–Trinajstić information content (AvgIpc) is 3.25. The Labute approximate surface area is 209 Å². The molecular formula is C20H30N6O11. The molecule has 0 bridgehead atoms. The molecule has 17 heteroatoms. The Hall–Kier alpha value is -4.28. The highest BCUT2D eigenvalue weighted by Gasteiger charge is 2.32. The van der Waals surface area contributed by atoms with Crippen LogP contribution in [0.3, 0.4) is 0 Å². The maximum Gasteiger partial charge on any atom is 0.326 e. The molecule has 0 aliphatic carbocycles. The van der Waals surface area contributed by atoms with Gasteiger partial charge in [0, 0.05) is 12.8 Å². The van der Waals surface area contributed by atoms with E-state index in [2.05, 4.69) is 21.3 Å². The van der Waals surface area contributed by atoms with Crippen molar-refractivity contribution in [1.29, 1.82) is 0 Å². The Balaban J connectivity index is 2.85. The molecule has 5 atom stereocenters. The smallest absolute Gasteiger partial charge is 0.326 e. The van der Waals surface area contributed by atoms with Crippen LogP contribution in [0.5, 0.6) is 0 Å². The lowest BCUT2D eigenvalue weighted by Gasteiger charge is -2.24. The number of aliphatic carboxylic acids is 2. The number of carbonyl (C=O) groups excluding carboxylic acids is 6. The van der Waals surface area contributed by atoms with Crippen molar-refractivity contribution in [3.05, 3.63) is 0 Å². The number of hydrogen-bond donors (Lipinski definition) is 9. The quantitative estimate of drug-likeness (QED) is 0.0966. The van der Waals surface area contributed by atoms with E-state index in [1.807, 2.05) is 5.32 Å². The van der Waals surface area contributed by atoms with Crippen LogP contribution < -0.4 is 32.3 Å². The molecule has 1 fully saturated rings. The van der Waals surface area contributed by atoms with E-state index in [1.165, 1.54) is 6.92 Å². The van der Waals surface area contributed by atoms with Crippen molar-refractivity contribution < 1.29 is 53.7 Å². The molecule has 6 amide bonds. The summed E-state index contributed by atoms with van der Waals surface area (Å²) < 4.78 is 0. The summed E-state index contributed by atoms with van der Waals surface area (Å²) in [7, 11) is 0. The predicted octanol–water partition coefficient (Wildman–Crippen LogP) is -4.96.